The van der Waals surface area contributed by atoms with Gasteiger partial charge in [-0.1, -0.05) is 43.0 Å². The van der Waals surface area contributed by atoms with Gasteiger partial charge in [-0.2, -0.15) is 9.61 Å². The number of hydrogen-bond acceptors (Lipinski definition) is 7. The average Bonchev–Trinajstić information content (AvgIpc) is 3.25. The average molecular weight is 450 g/mol. The van der Waals surface area contributed by atoms with Crippen LogP contribution in [0.15, 0.2) is 59.8 Å². The van der Waals surface area contributed by atoms with Gasteiger partial charge in [-0.25, -0.2) is 0 Å². The van der Waals surface area contributed by atoms with Crippen molar-refractivity contribution in [2.24, 2.45) is 0 Å². The summed E-state index contributed by atoms with van der Waals surface area (Å²) in [6.07, 6.45) is 0.990. The fourth-order valence-corrected chi connectivity index (χ4v) is 3.85. The second-order valence-corrected chi connectivity index (χ2v) is 7.87. The lowest BCUT2D eigenvalue weighted by molar-refractivity contribution is -0.113. The van der Waals surface area contributed by atoms with Crippen LogP contribution in [0.1, 0.15) is 12.5 Å². The Labute approximate surface area is 190 Å². The molecule has 8 nitrogen and oxygen atoms in total. The van der Waals surface area contributed by atoms with Crippen LogP contribution in [0.4, 0.5) is 5.69 Å². The van der Waals surface area contributed by atoms with Crippen LogP contribution in [0, 0.1) is 0 Å². The quantitative estimate of drug-likeness (QED) is 0.405. The zero-order chi connectivity index (χ0) is 22.5. The van der Waals surface area contributed by atoms with Gasteiger partial charge in [-0.3, -0.25) is 4.79 Å². The van der Waals surface area contributed by atoms with E-state index in [1.807, 2.05) is 12.1 Å². The van der Waals surface area contributed by atoms with Gasteiger partial charge in [-0.15, -0.1) is 10.2 Å². The van der Waals surface area contributed by atoms with Gasteiger partial charge in [0.25, 0.3) is 0 Å². The minimum absolute atomic E-state index is 0.159. The van der Waals surface area contributed by atoms with Gasteiger partial charge in [0, 0.05) is 17.3 Å². The van der Waals surface area contributed by atoms with E-state index < -0.39 is 0 Å². The number of benzene rings is 2. The molecule has 0 saturated heterocycles. The van der Waals surface area contributed by atoms with E-state index in [-0.39, 0.29) is 11.7 Å². The number of fused-ring (bicyclic) bond motifs is 1. The number of thioether (sulfide) groups is 1. The van der Waals surface area contributed by atoms with E-state index in [0.29, 0.717) is 28.0 Å². The van der Waals surface area contributed by atoms with Crippen LogP contribution >= 0.6 is 11.8 Å². The molecule has 2 aromatic heterocycles. The molecule has 0 spiro atoms. The van der Waals surface area contributed by atoms with Crippen molar-refractivity contribution >= 4 is 29.0 Å². The molecule has 0 aliphatic carbocycles. The monoisotopic (exact) mass is 449 g/mol. The third-order valence-corrected chi connectivity index (χ3v) is 5.81. The van der Waals surface area contributed by atoms with E-state index in [4.69, 9.17) is 9.47 Å². The predicted molar refractivity (Wildman–Crippen MR) is 124 cm³/mol. The first-order valence-corrected chi connectivity index (χ1v) is 11.1. The highest BCUT2D eigenvalue weighted by molar-refractivity contribution is 7.99. The molecule has 164 valence electrons. The Balaban J connectivity index is 1.46. The first-order valence-electron chi connectivity index (χ1n) is 10.1. The fraction of sp³-hybridized carbons (Fsp3) is 0.217. The smallest absolute Gasteiger partial charge is 0.234 e. The number of amides is 1. The number of carbonyl (C=O) groups excluding carboxylic acids is 1. The molecule has 4 aromatic rings. The maximum atomic E-state index is 12.5. The molecule has 0 aliphatic heterocycles. The predicted octanol–water partition coefficient (Wildman–Crippen LogP) is 4.10. The first-order chi connectivity index (χ1) is 15.6. The van der Waals surface area contributed by atoms with Crippen molar-refractivity contribution in [3.8, 4) is 22.8 Å². The van der Waals surface area contributed by atoms with Crippen molar-refractivity contribution in [3.63, 3.8) is 0 Å². The van der Waals surface area contributed by atoms with Crippen molar-refractivity contribution in [3.05, 3.63) is 60.2 Å². The number of anilines is 1. The lowest BCUT2D eigenvalue weighted by atomic mass is 10.1. The molecule has 0 saturated carbocycles. The van der Waals surface area contributed by atoms with Gasteiger partial charge in [0.1, 0.15) is 0 Å². The van der Waals surface area contributed by atoms with Crippen molar-refractivity contribution in [2.45, 2.75) is 18.5 Å². The molecule has 0 unspecified atom stereocenters. The van der Waals surface area contributed by atoms with Gasteiger partial charge in [0.15, 0.2) is 17.1 Å². The molecule has 0 radical (unpaired) electrons. The molecule has 0 aliphatic rings. The Bertz CT molecular complexity index is 1240. The molecule has 0 atom stereocenters. The number of aryl methyl sites for hydroxylation is 1. The Morgan fingerprint density at radius 1 is 1.00 bits per heavy atom. The normalized spacial score (nSPS) is 10.8. The number of aromatic nitrogens is 4. The molecule has 4 rings (SSSR count). The van der Waals surface area contributed by atoms with E-state index in [0.717, 1.165) is 17.7 Å². The van der Waals surface area contributed by atoms with Crippen LogP contribution in [-0.2, 0) is 11.2 Å². The lowest BCUT2D eigenvalue weighted by Crippen LogP contribution is -2.14. The molecular formula is C23H23N5O3S. The summed E-state index contributed by atoms with van der Waals surface area (Å²) < 4.78 is 12.2. The van der Waals surface area contributed by atoms with E-state index in [9.17, 15) is 4.79 Å². The zero-order valence-corrected chi connectivity index (χ0v) is 18.8. The largest absolute Gasteiger partial charge is 0.493 e. The maximum Gasteiger partial charge on any atom is 0.234 e. The molecule has 32 heavy (non-hydrogen) atoms. The van der Waals surface area contributed by atoms with Gasteiger partial charge < -0.3 is 14.8 Å². The highest BCUT2D eigenvalue weighted by atomic mass is 32.2. The summed E-state index contributed by atoms with van der Waals surface area (Å²) in [5.41, 5.74) is 4.35. The molecular weight excluding hydrogens is 426 g/mol. The Morgan fingerprint density at radius 3 is 2.50 bits per heavy atom. The van der Waals surface area contributed by atoms with Crippen molar-refractivity contribution < 1.29 is 14.3 Å². The summed E-state index contributed by atoms with van der Waals surface area (Å²) in [6.45, 7) is 2.13. The van der Waals surface area contributed by atoms with Crippen LogP contribution in [0.2, 0.25) is 0 Å². The van der Waals surface area contributed by atoms with Crippen LogP contribution in [-0.4, -0.2) is 45.7 Å². The third-order valence-electron chi connectivity index (χ3n) is 4.89. The summed E-state index contributed by atoms with van der Waals surface area (Å²) >= 11 is 1.27. The second-order valence-electron chi connectivity index (χ2n) is 6.93. The van der Waals surface area contributed by atoms with Gasteiger partial charge in [-0.05, 0) is 36.2 Å². The standard InChI is InChI=1S/C23H23N5O3S/c1-4-15-5-7-16(8-6-15)18-10-12-21-25-26-23(28(21)27-18)32-14-22(29)24-17-9-11-19(30-2)20(13-17)31-3/h5-13H,4,14H2,1-3H3,(H,24,29). The van der Waals surface area contributed by atoms with E-state index in [1.165, 1.54) is 17.3 Å². The summed E-state index contributed by atoms with van der Waals surface area (Å²) in [4.78, 5) is 12.5. The highest BCUT2D eigenvalue weighted by Crippen LogP contribution is 2.30. The molecule has 1 N–H and O–H groups in total. The summed E-state index contributed by atoms with van der Waals surface area (Å²) in [6, 6.07) is 17.3. The number of ether oxygens (including phenoxy) is 2. The summed E-state index contributed by atoms with van der Waals surface area (Å²) in [5.74, 6) is 1.13. The SMILES string of the molecule is CCc1ccc(-c2ccc3nnc(SCC(=O)Nc4ccc(OC)c(OC)c4)n3n2)cc1. The number of nitrogens with one attached hydrogen (secondary N) is 1. The van der Waals surface area contributed by atoms with Gasteiger partial charge in [0.05, 0.1) is 25.7 Å². The number of rotatable bonds is 8. The van der Waals surface area contributed by atoms with E-state index in [1.54, 1.807) is 36.9 Å². The van der Waals surface area contributed by atoms with Crippen molar-refractivity contribution in [1.82, 2.24) is 19.8 Å². The van der Waals surface area contributed by atoms with Crippen molar-refractivity contribution in [2.75, 3.05) is 25.3 Å². The fourth-order valence-electron chi connectivity index (χ4n) is 3.17. The Hall–Kier alpha value is -3.59. The zero-order valence-electron chi connectivity index (χ0n) is 18.0. The molecule has 2 aromatic carbocycles. The van der Waals surface area contributed by atoms with Gasteiger partial charge >= 0.3 is 0 Å². The molecule has 9 heteroatoms. The van der Waals surface area contributed by atoms with Crippen LogP contribution < -0.4 is 14.8 Å². The van der Waals surface area contributed by atoms with Crippen LogP contribution in [0.3, 0.4) is 0 Å². The highest BCUT2D eigenvalue weighted by Gasteiger charge is 2.13. The number of carbonyl (C=O) groups is 1. The maximum absolute atomic E-state index is 12.5. The Morgan fingerprint density at radius 2 is 1.78 bits per heavy atom. The molecule has 0 bridgehead atoms. The van der Waals surface area contributed by atoms with E-state index in [2.05, 4.69) is 51.8 Å². The topological polar surface area (TPSA) is 90.6 Å². The van der Waals surface area contributed by atoms with Crippen molar-refractivity contribution in [1.29, 1.82) is 0 Å². The summed E-state index contributed by atoms with van der Waals surface area (Å²) in [5, 5.41) is 16.4. The second kappa shape index (κ2) is 9.69. The minimum atomic E-state index is -0.176. The number of methoxy groups -OCH3 is 2. The number of nitrogens with zero attached hydrogens (tertiary/aromatic N) is 4. The first kappa shape index (κ1) is 21.6. The van der Waals surface area contributed by atoms with E-state index >= 15 is 0 Å². The molecule has 2 heterocycles. The minimum Gasteiger partial charge on any atom is -0.493 e. The molecule has 1 amide bonds. The van der Waals surface area contributed by atoms with Gasteiger partial charge in [0.2, 0.25) is 11.1 Å². The lowest BCUT2D eigenvalue weighted by Gasteiger charge is -2.10. The number of hydrogen-bond donors (Lipinski definition) is 1. The third kappa shape index (κ3) is 4.67. The molecule has 0 fully saturated rings. The van der Waals surface area contributed by atoms with Crippen LogP contribution in [0.5, 0.6) is 11.5 Å². The summed E-state index contributed by atoms with van der Waals surface area (Å²) in [7, 11) is 3.12. The van der Waals surface area contributed by atoms with Crippen LogP contribution in [0.25, 0.3) is 16.9 Å². The Kier molecular flexibility index (Phi) is 6.55.